The highest BCUT2D eigenvalue weighted by Gasteiger charge is 2.34. The number of halogens is 2. The van der Waals surface area contributed by atoms with Crippen LogP contribution in [0, 0.1) is 0 Å². The van der Waals surface area contributed by atoms with E-state index in [1.165, 1.54) is 11.4 Å². The van der Waals surface area contributed by atoms with Crippen LogP contribution in [0.5, 0.6) is 5.75 Å². The van der Waals surface area contributed by atoms with Crippen molar-refractivity contribution in [2.45, 2.75) is 43.0 Å². The summed E-state index contributed by atoms with van der Waals surface area (Å²) in [6, 6.07) is 11.2. The second kappa shape index (κ2) is 10.1. The van der Waals surface area contributed by atoms with Gasteiger partial charge in [-0.15, -0.1) is 0 Å². The molecule has 6 nitrogen and oxygen atoms in total. The minimum absolute atomic E-state index is 0.177. The molecule has 1 saturated carbocycles. The number of hydrogen-bond donors (Lipinski definition) is 1. The Morgan fingerprint density at radius 2 is 1.83 bits per heavy atom. The van der Waals surface area contributed by atoms with Crippen LogP contribution < -0.4 is 10.1 Å². The minimum Gasteiger partial charge on any atom is -0.495 e. The fraction of sp³-hybridized carbons (Fsp3) is 0.381. The Bertz CT molecular complexity index is 993. The number of carbonyl (C=O) groups is 1. The van der Waals surface area contributed by atoms with Gasteiger partial charge in [0.1, 0.15) is 5.75 Å². The summed E-state index contributed by atoms with van der Waals surface area (Å²) in [6.07, 6.45) is 4.48. The fourth-order valence-electron chi connectivity index (χ4n) is 3.61. The Labute approximate surface area is 190 Å². The number of ether oxygens (including phenoxy) is 1. The molecule has 1 fully saturated rings. The van der Waals surface area contributed by atoms with Gasteiger partial charge in [-0.2, -0.15) is 4.31 Å². The predicted octanol–water partition coefficient (Wildman–Crippen LogP) is 5.07. The lowest BCUT2D eigenvalue weighted by molar-refractivity contribution is -0.116. The summed E-state index contributed by atoms with van der Waals surface area (Å²) in [5, 5.41) is 3.11. The van der Waals surface area contributed by atoms with Crippen LogP contribution in [0.25, 0.3) is 0 Å². The summed E-state index contributed by atoms with van der Waals surface area (Å²) < 4.78 is 34.0. The summed E-state index contributed by atoms with van der Waals surface area (Å²) in [6.45, 7) is -0.257. The van der Waals surface area contributed by atoms with Crippen molar-refractivity contribution in [2.24, 2.45) is 0 Å². The normalized spacial score (nSPS) is 15.2. The van der Waals surface area contributed by atoms with E-state index in [0.717, 1.165) is 36.6 Å². The number of benzene rings is 2. The molecular formula is C21H24BrClN2O4S. The molecule has 0 saturated heterocycles. The maximum Gasteiger partial charge on any atom is 0.243 e. The molecule has 0 bridgehead atoms. The molecule has 1 amide bonds. The van der Waals surface area contributed by atoms with Gasteiger partial charge >= 0.3 is 0 Å². The van der Waals surface area contributed by atoms with Gasteiger partial charge in [0, 0.05) is 16.2 Å². The van der Waals surface area contributed by atoms with E-state index in [-0.39, 0.29) is 17.5 Å². The van der Waals surface area contributed by atoms with Crippen LogP contribution in [-0.4, -0.2) is 38.3 Å². The minimum atomic E-state index is -3.82. The van der Waals surface area contributed by atoms with Crippen LogP contribution in [0.1, 0.15) is 32.1 Å². The molecule has 0 aromatic heterocycles. The topological polar surface area (TPSA) is 75.7 Å². The van der Waals surface area contributed by atoms with Crippen molar-refractivity contribution in [3.8, 4) is 5.75 Å². The van der Waals surface area contributed by atoms with Gasteiger partial charge in [0.25, 0.3) is 0 Å². The first-order valence-electron chi connectivity index (χ1n) is 9.72. The molecule has 162 valence electrons. The van der Waals surface area contributed by atoms with Crippen molar-refractivity contribution >= 4 is 49.1 Å². The molecular weight excluding hydrogens is 492 g/mol. The molecule has 0 spiro atoms. The van der Waals surface area contributed by atoms with Crippen LogP contribution in [0.3, 0.4) is 0 Å². The zero-order valence-corrected chi connectivity index (χ0v) is 19.8. The lowest BCUT2D eigenvalue weighted by Crippen LogP contribution is -2.45. The Balaban J connectivity index is 1.82. The Morgan fingerprint density at radius 1 is 1.17 bits per heavy atom. The molecule has 1 aliphatic carbocycles. The van der Waals surface area contributed by atoms with Crippen LogP contribution in [0.2, 0.25) is 5.02 Å². The van der Waals surface area contributed by atoms with Gasteiger partial charge in [-0.05, 0) is 55.3 Å². The molecule has 1 N–H and O–H groups in total. The maximum atomic E-state index is 13.4. The van der Waals surface area contributed by atoms with E-state index in [0.29, 0.717) is 16.5 Å². The summed E-state index contributed by atoms with van der Waals surface area (Å²) in [5.41, 5.74) is 0.482. The highest BCUT2D eigenvalue weighted by molar-refractivity contribution is 9.10. The lowest BCUT2D eigenvalue weighted by atomic mass is 9.95. The van der Waals surface area contributed by atoms with Crippen molar-refractivity contribution in [1.29, 1.82) is 0 Å². The van der Waals surface area contributed by atoms with Gasteiger partial charge in [-0.1, -0.05) is 46.8 Å². The lowest BCUT2D eigenvalue weighted by Gasteiger charge is -2.33. The van der Waals surface area contributed by atoms with Crippen LogP contribution in [-0.2, 0) is 14.8 Å². The van der Waals surface area contributed by atoms with Crippen LogP contribution >= 0.6 is 27.5 Å². The second-order valence-electron chi connectivity index (χ2n) is 7.19. The van der Waals surface area contributed by atoms with Gasteiger partial charge < -0.3 is 10.1 Å². The van der Waals surface area contributed by atoms with Gasteiger partial charge in [0.15, 0.2) is 0 Å². The first-order valence-corrected chi connectivity index (χ1v) is 12.3. The molecule has 0 aliphatic heterocycles. The largest absolute Gasteiger partial charge is 0.495 e. The Morgan fingerprint density at radius 3 is 2.43 bits per heavy atom. The molecule has 0 unspecified atom stereocenters. The van der Waals surface area contributed by atoms with E-state index in [2.05, 4.69) is 21.2 Å². The number of hydrogen-bond acceptors (Lipinski definition) is 4. The first-order chi connectivity index (χ1) is 14.3. The van der Waals surface area contributed by atoms with Gasteiger partial charge in [0.2, 0.25) is 15.9 Å². The average Bonchev–Trinajstić information content (AvgIpc) is 2.73. The molecule has 0 atom stereocenters. The van der Waals surface area contributed by atoms with Gasteiger partial charge in [-0.25, -0.2) is 8.42 Å². The molecule has 0 heterocycles. The monoisotopic (exact) mass is 514 g/mol. The molecule has 9 heteroatoms. The van der Waals surface area contributed by atoms with Crippen LogP contribution in [0.15, 0.2) is 51.8 Å². The number of methoxy groups -OCH3 is 1. The van der Waals surface area contributed by atoms with E-state index < -0.39 is 15.9 Å². The Hall–Kier alpha value is -1.61. The van der Waals surface area contributed by atoms with E-state index in [1.54, 1.807) is 42.5 Å². The molecule has 0 radical (unpaired) electrons. The summed E-state index contributed by atoms with van der Waals surface area (Å²) in [5.74, 6) is 0.0822. The zero-order valence-electron chi connectivity index (χ0n) is 16.6. The van der Waals surface area contributed by atoms with Gasteiger partial charge in [0.05, 0.1) is 23.6 Å². The number of carbonyl (C=O) groups excluding carboxylic acids is 1. The number of rotatable bonds is 7. The third-order valence-electron chi connectivity index (χ3n) is 5.14. The number of nitrogens with zero attached hydrogens (tertiary/aromatic N) is 1. The van der Waals surface area contributed by atoms with E-state index >= 15 is 0 Å². The standard InChI is InChI=1S/C21H24BrClN2O4S/c1-29-20-12-9-16(13-19(20)23)24-21(26)14-25(17-5-3-2-4-6-17)30(27,28)18-10-7-15(22)8-11-18/h7-13,17H,2-6,14H2,1H3,(H,24,26). The van der Waals surface area contributed by atoms with E-state index in [4.69, 9.17) is 16.3 Å². The van der Waals surface area contributed by atoms with Crippen molar-refractivity contribution < 1.29 is 17.9 Å². The SMILES string of the molecule is COc1ccc(NC(=O)CN(C2CCCCC2)S(=O)(=O)c2ccc(Br)cc2)cc1Cl. The Kier molecular flexibility index (Phi) is 7.79. The third kappa shape index (κ3) is 5.55. The van der Waals surface area contributed by atoms with E-state index in [1.807, 2.05) is 0 Å². The summed E-state index contributed by atoms with van der Waals surface area (Å²) in [4.78, 5) is 12.9. The van der Waals surface area contributed by atoms with Crippen molar-refractivity contribution in [2.75, 3.05) is 19.0 Å². The van der Waals surface area contributed by atoms with Crippen molar-refractivity contribution in [3.05, 3.63) is 52.0 Å². The number of anilines is 1. The summed E-state index contributed by atoms with van der Waals surface area (Å²) in [7, 11) is -2.31. The first kappa shape index (κ1) is 23.1. The highest BCUT2D eigenvalue weighted by Crippen LogP contribution is 2.29. The van der Waals surface area contributed by atoms with Crippen LogP contribution in [0.4, 0.5) is 5.69 Å². The number of nitrogens with one attached hydrogen (secondary N) is 1. The fourth-order valence-corrected chi connectivity index (χ4v) is 5.77. The van der Waals surface area contributed by atoms with Gasteiger partial charge in [-0.3, -0.25) is 4.79 Å². The number of amides is 1. The maximum absolute atomic E-state index is 13.4. The predicted molar refractivity (Wildman–Crippen MR) is 122 cm³/mol. The highest BCUT2D eigenvalue weighted by atomic mass is 79.9. The zero-order chi connectivity index (χ0) is 21.7. The van der Waals surface area contributed by atoms with Crippen molar-refractivity contribution in [1.82, 2.24) is 4.31 Å². The molecule has 2 aromatic rings. The molecule has 2 aromatic carbocycles. The molecule has 1 aliphatic rings. The average molecular weight is 516 g/mol. The van der Waals surface area contributed by atoms with Crippen molar-refractivity contribution in [3.63, 3.8) is 0 Å². The van der Waals surface area contributed by atoms with E-state index in [9.17, 15) is 13.2 Å². The second-order valence-corrected chi connectivity index (χ2v) is 10.4. The third-order valence-corrected chi connectivity index (χ3v) is 7.87. The quantitative estimate of drug-likeness (QED) is 0.558. The number of sulfonamides is 1. The smallest absolute Gasteiger partial charge is 0.243 e. The summed E-state index contributed by atoms with van der Waals surface area (Å²) >= 11 is 9.45. The molecule has 3 rings (SSSR count). The molecule has 30 heavy (non-hydrogen) atoms.